The quantitative estimate of drug-likeness (QED) is 0.625. The van der Waals surface area contributed by atoms with Crippen LogP contribution in [-0.2, 0) is 6.18 Å². The summed E-state index contributed by atoms with van der Waals surface area (Å²) in [4.78, 5) is 3.84. The minimum atomic E-state index is -4.39. The molecule has 0 amide bonds. The third kappa shape index (κ3) is 2.07. The Bertz CT molecular complexity index is 522. The number of fused-ring (bicyclic) bond motifs is 1. The smallest absolute Gasteiger partial charge is 0.229 e. The summed E-state index contributed by atoms with van der Waals surface area (Å²) in [6, 6.07) is 2.21. The van der Waals surface area contributed by atoms with E-state index in [2.05, 4.69) is 4.98 Å². The lowest BCUT2D eigenvalue weighted by atomic mass is 10.2. The van der Waals surface area contributed by atoms with E-state index in [1.807, 2.05) is 22.6 Å². The molecule has 0 fully saturated rings. The molecule has 0 saturated carbocycles. The number of benzene rings is 1. The van der Waals surface area contributed by atoms with Crippen LogP contribution in [-0.4, -0.2) is 4.98 Å². The third-order valence-electron chi connectivity index (χ3n) is 1.77. The standard InChI is InChI=1S/C8H2ClF3INS/c9-4-2-1-3(8(10,11)12)5-6(4)15-7(13)14-5/h1-2H. The molecule has 1 heterocycles. The normalized spacial score (nSPS) is 12.3. The Labute approximate surface area is 105 Å². The van der Waals surface area contributed by atoms with Crippen LogP contribution >= 0.6 is 45.5 Å². The zero-order chi connectivity index (χ0) is 11.2. The van der Waals surface area contributed by atoms with E-state index in [9.17, 15) is 13.2 Å². The van der Waals surface area contributed by atoms with Crippen molar-refractivity contribution in [3.05, 3.63) is 25.7 Å². The van der Waals surface area contributed by atoms with E-state index in [4.69, 9.17) is 11.6 Å². The molecule has 0 unspecified atom stereocenters. The summed E-state index contributed by atoms with van der Waals surface area (Å²) in [7, 11) is 0. The topological polar surface area (TPSA) is 12.9 Å². The van der Waals surface area contributed by atoms with Crippen LogP contribution in [0.5, 0.6) is 0 Å². The third-order valence-corrected chi connectivity index (χ3v) is 3.98. The van der Waals surface area contributed by atoms with Crippen LogP contribution < -0.4 is 0 Å². The molecule has 0 saturated heterocycles. The maximum absolute atomic E-state index is 12.6. The molecule has 0 radical (unpaired) electrons. The van der Waals surface area contributed by atoms with Gasteiger partial charge in [-0.1, -0.05) is 11.6 Å². The molecule has 2 rings (SSSR count). The van der Waals surface area contributed by atoms with Crippen molar-refractivity contribution in [1.29, 1.82) is 0 Å². The second-order valence-electron chi connectivity index (χ2n) is 2.74. The highest BCUT2D eigenvalue weighted by molar-refractivity contribution is 14.1. The Hall–Kier alpha value is -0.0800. The van der Waals surface area contributed by atoms with E-state index in [0.717, 1.165) is 17.4 Å². The van der Waals surface area contributed by atoms with Gasteiger partial charge in [0.15, 0.2) is 3.01 Å². The summed E-state index contributed by atoms with van der Waals surface area (Å²) in [5, 5.41) is 0.304. The number of alkyl halides is 3. The number of halogens is 5. The molecule has 0 aliphatic heterocycles. The maximum Gasteiger partial charge on any atom is 0.418 e. The maximum atomic E-state index is 12.6. The minimum Gasteiger partial charge on any atom is -0.229 e. The molecule has 0 spiro atoms. The van der Waals surface area contributed by atoms with Gasteiger partial charge in [0.1, 0.15) is 0 Å². The fourth-order valence-electron chi connectivity index (χ4n) is 1.18. The Kier molecular flexibility index (Phi) is 2.85. The highest BCUT2D eigenvalue weighted by Gasteiger charge is 2.34. The fraction of sp³-hybridized carbons (Fsp3) is 0.125. The summed E-state index contributed by atoms with van der Waals surface area (Å²) < 4.78 is 38.7. The van der Waals surface area contributed by atoms with E-state index in [1.54, 1.807) is 0 Å². The van der Waals surface area contributed by atoms with E-state index < -0.39 is 11.7 Å². The Morgan fingerprint density at radius 3 is 2.60 bits per heavy atom. The molecular formula is C8H2ClF3INS. The first-order valence-electron chi connectivity index (χ1n) is 3.71. The predicted octanol–water partition coefficient (Wildman–Crippen LogP) is 4.57. The molecule has 2 aromatic rings. The second kappa shape index (κ2) is 3.74. The van der Waals surface area contributed by atoms with Crippen LogP contribution in [0.3, 0.4) is 0 Å². The van der Waals surface area contributed by atoms with Gasteiger partial charge in [-0.3, -0.25) is 0 Å². The van der Waals surface area contributed by atoms with Gasteiger partial charge < -0.3 is 0 Å². The number of aromatic nitrogens is 1. The minimum absolute atomic E-state index is 0.0654. The molecule has 1 nitrogen and oxygen atoms in total. The van der Waals surface area contributed by atoms with Crippen LogP contribution in [0.15, 0.2) is 12.1 Å². The average Bonchev–Trinajstić information content (AvgIpc) is 2.45. The van der Waals surface area contributed by atoms with Crippen molar-refractivity contribution in [2.75, 3.05) is 0 Å². The first kappa shape index (κ1) is 11.4. The van der Waals surface area contributed by atoms with Gasteiger partial charge in [0, 0.05) is 0 Å². The van der Waals surface area contributed by atoms with Crippen molar-refractivity contribution < 1.29 is 13.2 Å². The predicted molar refractivity (Wildman–Crippen MR) is 62.3 cm³/mol. The number of thiazole rings is 1. The first-order chi connectivity index (χ1) is 6.89. The van der Waals surface area contributed by atoms with Crippen molar-refractivity contribution in [3.8, 4) is 0 Å². The zero-order valence-electron chi connectivity index (χ0n) is 6.90. The van der Waals surface area contributed by atoms with E-state index in [-0.39, 0.29) is 5.52 Å². The Balaban J connectivity index is 2.83. The largest absolute Gasteiger partial charge is 0.418 e. The van der Waals surface area contributed by atoms with Crippen molar-refractivity contribution in [2.45, 2.75) is 6.18 Å². The van der Waals surface area contributed by atoms with Gasteiger partial charge >= 0.3 is 6.18 Å². The second-order valence-corrected chi connectivity index (χ2v) is 5.90. The summed E-state index contributed by atoms with van der Waals surface area (Å²) in [6.07, 6.45) is -4.39. The van der Waals surface area contributed by atoms with Crippen LogP contribution in [0.2, 0.25) is 5.02 Å². The lowest BCUT2D eigenvalue weighted by molar-refractivity contribution is -0.136. The molecular weight excluding hydrogens is 362 g/mol. The molecule has 1 aromatic heterocycles. The van der Waals surface area contributed by atoms with Crippen LogP contribution in [0, 0.1) is 3.01 Å². The van der Waals surface area contributed by atoms with Gasteiger partial charge in [-0.25, -0.2) is 4.98 Å². The van der Waals surface area contributed by atoms with E-state index >= 15 is 0 Å². The number of hydrogen-bond donors (Lipinski definition) is 0. The van der Waals surface area contributed by atoms with Crippen LogP contribution in [0.1, 0.15) is 5.56 Å². The highest BCUT2D eigenvalue weighted by Crippen LogP contribution is 2.39. The lowest BCUT2D eigenvalue weighted by Gasteiger charge is -2.06. The first-order valence-corrected chi connectivity index (χ1v) is 5.98. The summed E-state index contributed by atoms with van der Waals surface area (Å²) in [5.74, 6) is 0. The molecule has 0 aliphatic rings. The average molecular weight is 364 g/mol. The van der Waals surface area contributed by atoms with Gasteiger partial charge in [0.2, 0.25) is 0 Å². The lowest BCUT2D eigenvalue weighted by Crippen LogP contribution is -2.05. The van der Waals surface area contributed by atoms with Gasteiger partial charge in [-0.05, 0) is 34.7 Å². The molecule has 80 valence electrons. The monoisotopic (exact) mass is 363 g/mol. The molecule has 15 heavy (non-hydrogen) atoms. The van der Waals surface area contributed by atoms with Crippen LogP contribution in [0.25, 0.3) is 10.2 Å². The number of hydrogen-bond acceptors (Lipinski definition) is 2. The van der Waals surface area contributed by atoms with Gasteiger partial charge in [0.05, 0.1) is 20.8 Å². The number of nitrogens with zero attached hydrogens (tertiary/aromatic N) is 1. The Morgan fingerprint density at radius 2 is 2.00 bits per heavy atom. The van der Waals surface area contributed by atoms with Gasteiger partial charge in [-0.15, -0.1) is 11.3 Å². The van der Waals surface area contributed by atoms with Crippen LogP contribution in [0.4, 0.5) is 13.2 Å². The van der Waals surface area contributed by atoms with E-state index in [1.165, 1.54) is 6.07 Å². The summed E-state index contributed by atoms with van der Waals surface area (Å²) in [5.41, 5.74) is -0.800. The SMILES string of the molecule is FC(F)(F)c1ccc(Cl)c2sc(I)nc12. The molecule has 0 bridgehead atoms. The fourth-order valence-corrected chi connectivity index (χ4v) is 3.07. The van der Waals surface area contributed by atoms with Crippen molar-refractivity contribution >= 4 is 55.7 Å². The van der Waals surface area contributed by atoms with E-state index in [0.29, 0.717) is 12.7 Å². The zero-order valence-corrected chi connectivity index (χ0v) is 10.6. The van der Waals surface area contributed by atoms with Gasteiger partial charge in [0.25, 0.3) is 0 Å². The molecule has 0 aliphatic carbocycles. The molecule has 0 atom stereocenters. The van der Waals surface area contributed by atoms with Crippen molar-refractivity contribution in [2.24, 2.45) is 0 Å². The van der Waals surface area contributed by atoms with Crippen molar-refractivity contribution in [3.63, 3.8) is 0 Å². The summed E-state index contributed by atoms with van der Waals surface area (Å²) in [6.45, 7) is 0. The highest BCUT2D eigenvalue weighted by atomic mass is 127. The molecule has 1 aromatic carbocycles. The summed E-state index contributed by atoms with van der Waals surface area (Å²) >= 11 is 8.82. The number of rotatable bonds is 0. The molecule has 0 N–H and O–H groups in total. The molecule has 7 heteroatoms. The van der Waals surface area contributed by atoms with Crippen molar-refractivity contribution in [1.82, 2.24) is 4.98 Å². The Morgan fingerprint density at radius 1 is 1.33 bits per heavy atom. The van der Waals surface area contributed by atoms with Gasteiger partial charge in [-0.2, -0.15) is 13.2 Å².